The predicted octanol–water partition coefficient (Wildman–Crippen LogP) is 1.18. The zero-order chi connectivity index (χ0) is 9.36. The molecule has 1 heterocycles. The van der Waals surface area contributed by atoms with Crippen LogP contribution in [0.3, 0.4) is 0 Å². The Morgan fingerprint density at radius 2 is 2.62 bits per heavy atom. The second-order valence-electron chi connectivity index (χ2n) is 2.46. The number of ether oxygens (including phenoxy) is 1. The van der Waals surface area contributed by atoms with E-state index in [1.165, 1.54) is 17.8 Å². The third-order valence-corrected chi connectivity index (χ3v) is 2.00. The summed E-state index contributed by atoms with van der Waals surface area (Å²) in [4.78, 5) is 0. The molecule has 0 atom stereocenters. The highest BCUT2D eigenvalue weighted by atomic mass is 32.1. The smallest absolute Gasteiger partial charge is 0.0893 e. The molecule has 0 amide bonds. The molecule has 0 aliphatic rings. The van der Waals surface area contributed by atoms with E-state index in [-0.39, 0.29) is 0 Å². The molecule has 5 heteroatoms. The van der Waals surface area contributed by atoms with Crippen molar-refractivity contribution in [1.29, 1.82) is 0 Å². The van der Waals surface area contributed by atoms with Crippen LogP contribution in [0.2, 0.25) is 0 Å². The first-order chi connectivity index (χ1) is 6.43. The van der Waals surface area contributed by atoms with E-state index in [0.717, 1.165) is 25.2 Å². The largest absolute Gasteiger partial charge is 0.502 e. The van der Waals surface area contributed by atoms with E-state index in [1.54, 1.807) is 0 Å². The quantitative estimate of drug-likeness (QED) is 0.529. The standard InChI is InChI=1S/C8H13N3OS/c1-2-12-5-3-4-9-6-8-7-13-11-10-8/h2,7,9H,1,3-6H2. The Morgan fingerprint density at radius 3 is 3.31 bits per heavy atom. The molecule has 0 aliphatic carbocycles. The Hall–Kier alpha value is -0.940. The Morgan fingerprint density at radius 1 is 1.69 bits per heavy atom. The van der Waals surface area contributed by atoms with Crippen LogP contribution in [0.4, 0.5) is 0 Å². The van der Waals surface area contributed by atoms with Crippen LogP contribution in [-0.2, 0) is 11.3 Å². The van der Waals surface area contributed by atoms with Crippen LogP contribution in [0.1, 0.15) is 12.1 Å². The van der Waals surface area contributed by atoms with Crippen molar-refractivity contribution < 1.29 is 4.74 Å². The summed E-state index contributed by atoms with van der Waals surface area (Å²) in [6, 6.07) is 0. The van der Waals surface area contributed by atoms with Gasteiger partial charge in [-0.2, -0.15) is 0 Å². The molecule has 0 unspecified atom stereocenters. The van der Waals surface area contributed by atoms with Gasteiger partial charge in [-0.1, -0.05) is 11.1 Å². The lowest BCUT2D eigenvalue weighted by Gasteiger charge is -2.01. The maximum absolute atomic E-state index is 4.97. The molecule has 0 bridgehead atoms. The first-order valence-corrected chi connectivity index (χ1v) is 4.96. The van der Waals surface area contributed by atoms with Crippen molar-refractivity contribution in [3.63, 3.8) is 0 Å². The van der Waals surface area contributed by atoms with Crippen molar-refractivity contribution in [1.82, 2.24) is 14.9 Å². The fourth-order valence-electron chi connectivity index (χ4n) is 0.841. The molecule has 0 saturated heterocycles. The minimum Gasteiger partial charge on any atom is -0.502 e. The van der Waals surface area contributed by atoms with Crippen LogP contribution < -0.4 is 5.32 Å². The summed E-state index contributed by atoms with van der Waals surface area (Å²) in [5.41, 5.74) is 0.995. The van der Waals surface area contributed by atoms with Gasteiger partial charge in [0.1, 0.15) is 0 Å². The van der Waals surface area contributed by atoms with Crippen molar-refractivity contribution in [3.8, 4) is 0 Å². The molecule has 1 aromatic rings. The van der Waals surface area contributed by atoms with Gasteiger partial charge in [0, 0.05) is 11.9 Å². The summed E-state index contributed by atoms with van der Waals surface area (Å²) in [6.45, 7) is 5.88. The fourth-order valence-corrected chi connectivity index (χ4v) is 1.29. The van der Waals surface area contributed by atoms with Crippen LogP contribution in [0, 0.1) is 0 Å². The first kappa shape index (κ1) is 10.1. The van der Waals surface area contributed by atoms with Gasteiger partial charge >= 0.3 is 0 Å². The number of nitrogens with one attached hydrogen (secondary N) is 1. The molecule has 1 rings (SSSR count). The summed E-state index contributed by atoms with van der Waals surface area (Å²) in [5.74, 6) is 0. The van der Waals surface area contributed by atoms with E-state index in [4.69, 9.17) is 4.74 Å². The second kappa shape index (κ2) is 6.56. The summed E-state index contributed by atoms with van der Waals surface area (Å²) < 4.78 is 8.73. The number of nitrogens with zero attached hydrogens (tertiary/aromatic N) is 2. The van der Waals surface area contributed by atoms with Crippen LogP contribution >= 0.6 is 11.5 Å². The average Bonchev–Trinajstić information content (AvgIpc) is 2.63. The van der Waals surface area contributed by atoms with E-state index in [2.05, 4.69) is 21.5 Å². The Balaban J connectivity index is 1.93. The third-order valence-electron chi connectivity index (χ3n) is 1.44. The van der Waals surface area contributed by atoms with Crippen molar-refractivity contribution >= 4 is 11.5 Å². The summed E-state index contributed by atoms with van der Waals surface area (Å²) >= 11 is 1.37. The van der Waals surface area contributed by atoms with Crippen LogP contribution in [0.5, 0.6) is 0 Å². The van der Waals surface area contributed by atoms with Gasteiger partial charge in [0.2, 0.25) is 0 Å². The highest BCUT2D eigenvalue weighted by Gasteiger charge is 1.94. The zero-order valence-electron chi connectivity index (χ0n) is 7.40. The van der Waals surface area contributed by atoms with Gasteiger partial charge in [-0.25, -0.2) is 0 Å². The number of rotatable bonds is 7. The van der Waals surface area contributed by atoms with Crippen LogP contribution in [0.15, 0.2) is 18.2 Å². The van der Waals surface area contributed by atoms with Gasteiger partial charge < -0.3 is 10.1 Å². The average molecular weight is 199 g/mol. The molecule has 0 spiro atoms. The number of aromatic nitrogens is 2. The van der Waals surface area contributed by atoms with Gasteiger partial charge in [0.15, 0.2) is 0 Å². The minimum absolute atomic E-state index is 0.714. The summed E-state index contributed by atoms with van der Waals surface area (Å²) in [7, 11) is 0. The predicted molar refractivity (Wildman–Crippen MR) is 52.4 cm³/mol. The van der Waals surface area contributed by atoms with Crippen molar-refractivity contribution in [3.05, 3.63) is 23.9 Å². The number of hydrogen-bond donors (Lipinski definition) is 1. The molecule has 0 fully saturated rings. The van der Waals surface area contributed by atoms with E-state index >= 15 is 0 Å². The molecule has 0 saturated carbocycles. The normalized spacial score (nSPS) is 9.85. The summed E-state index contributed by atoms with van der Waals surface area (Å²) in [6.07, 6.45) is 2.44. The van der Waals surface area contributed by atoms with Crippen LogP contribution in [0.25, 0.3) is 0 Å². The van der Waals surface area contributed by atoms with Crippen LogP contribution in [-0.4, -0.2) is 22.7 Å². The van der Waals surface area contributed by atoms with Gasteiger partial charge in [-0.3, -0.25) is 0 Å². The molecule has 0 aromatic carbocycles. The molecule has 1 aromatic heterocycles. The van der Waals surface area contributed by atoms with E-state index in [1.807, 2.05) is 5.38 Å². The van der Waals surface area contributed by atoms with Gasteiger partial charge in [-0.05, 0) is 24.5 Å². The first-order valence-electron chi connectivity index (χ1n) is 4.12. The Kier molecular flexibility index (Phi) is 5.12. The monoisotopic (exact) mass is 199 g/mol. The molecule has 72 valence electrons. The Labute approximate surface area is 81.8 Å². The number of hydrogen-bond acceptors (Lipinski definition) is 5. The lowest BCUT2D eigenvalue weighted by Crippen LogP contribution is -2.16. The second-order valence-corrected chi connectivity index (χ2v) is 3.07. The highest BCUT2D eigenvalue weighted by Crippen LogP contribution is 1.95. The molecule has 0 radical (unpaired) electrons. The minimum atomic E-state index is 0.714. The highest BCUT2D eigenvalue weighted by molar-refractivity contribution is 7.03. The van der Waals surface area contributed by atoms with Gasteiger partial charge in [-0.15, -0.1) is 5.10 Å². The lowest BCUT2D eigenvalue weighted by atomic mass is 10.4. The topological polar surface area (TPSA) is 47.0 Å². The van der Waals surface area contributed by atoms with E-state index in [9.17, 15) is 0 Å². The van der Waals surface area contributed by atoms with Crippen molar-refractivity contribution in [2.24, 2.45) is 0 Å². The van der Waals surface area contributed by atoms with E-state index < -0.39 is 0 Å². The maximum Gasteiger partial charge on any atom is 0.0893 e. The van der Waals surface area contributed by atoms with Gasteiger partial charge in [0.05, 0.1) is 18.6 Å². The zero-order valence-corrected chi connectivity index (χ0v) is 8.22. The Bertz CT molecular complexity index is 225. The molecule has 1 N–H and O–H groups in total. The van der Waals surface area contributed by atoms with Crippen molar-refractivity contribution in [2.45, 2.75) is 13.0 Å². The fraction of sp³-hybridized carbons (Fsp3) is 0.500. The molecular weight excluding hydrogens is 186 g/mol. The van der Waals surface area contributed by atoms with Crippen molar-refractivity contribution in [2.75, 3.05) is 13.2 Å². The molecule has 13 heavy (non-hydrogen) atoms. The maximum atomic E-state index is 4.97. The molecule has 4 nitrogen and oxygen atoms in total. The molecular formula is C8H13N3OS. The van der Waals surface area contributed by atoms with Gasteiger partial charge in [0.25, 0.3) is 0 Å². The summed E-state index contributed by atoms with van der Waals surface area (Å²) in [5, 5.41) is 9.08. The SMILES string of the molecule is C=COCCCNCc1csnn1. The third kappa shape index (κ3) is 4.59. The van der Waals surface area contributed by atoms with E-state index in [0.29, 0.717) is 6.61 Å². The molecule has 0 aliphatic heterocycles. The lowest BCUT2D eigenvalue weighted by molar-refractivity contribution is 0.244.